The predicted octanol–water partition coefficient (Wildman–Crippen LogP) is 0.462. The maximum absolute atomic E-state index is 11.9. The van der Waals surface area contributed by atoms with Crippen molar-refractivity contribution in [1.82, 2.24) is 9.97 Å². The summed E-state index contributed by atoms with van der Waals surface area (Å²) in [7, 11) is 0. The molecule has 1 aliphatic rings. The molecular formula is C12H10N2O4S. The van der Waals surface area contributed by atoms with Crippen LogP contribution < -0.4 is 16.0 Å². The van der Waals surface area contributed by atoms with Crippen LogP contribution in [0.1, 0.15) is 11.1 Å². The van der Waals surface area contributed by atoms with Gasteiger partial charge < -0.3 is 9.84 Å². The average molecular weight is 278 g/mol. The van der Waals surface area contributed by atoms with Crippen molar-refractivity contribution in [2.75, 3.05) is 0 Å². The number of nitrogens with one attached hydrogen (secondary N) is 2. The van der Waals surface area contributed by atoms with Crippen LogP contribution in [0, 0.1) is 0 Å². The molecule has 0 saturated heterocycles. The minimum atomic E-state index is -1.17. The molecule has 98 valence electrons. The number of aliphatic hydroxyl groups excluding tert-OH is 1. The lowest BCUT2D eigenvalue weighted by Crippen LogP contribution is -2.31. The highest BCUT2D eigenvalue weighted by Gasteiger charge is 2.23. The average Bonchev–Trinajstić information content (AvgIpc) is 2.79. The van der Waals surface area contributed by atoms with Crippen molar-refractivity contribution in [3.05, 3.63) is 54.9 Å². The quantitative estimate of drug-likeness (QED) is 0.743. The van der Waals surface area contributed by atoms with Crippen LogP contribution >= 0.6 is 11.3 Å². The van der Waals surface area contributed by atoms with Crippen LogP contribution in [0.15, 0.2) is 32.5 Å². The molecule has 2 aromatic heterocycles. The van der Waals surface area contributed by atoms with Crippen LogP contribution in [0.5, 0.6) is 5.88 Å². The topological polar surface area (TPSA) is 95.2 Å². The zero-order valence-electron chi connectivity index (χ0n) is 9.67. The molecule has 0 aromatic carbocycles. The van der Waals surface area contributed by atoms with E-state index in [2.05, 4.69) is 9.97 Å². The molecule has 3 heterocycles. The van der Waals surface area contributed by atoms with Gasteiger partial charge in [-0.05, 0) is 40.5 Å². The highest BCUT2D eigenvalue weighted by molar-refractivity contribution is 7.07. The molecule has 6 nitrogen and oxygen atoms in total. The lowest BCUT2D eigenvalue weighted by molar-refractivity contribution is 0.0181. The van der Waals surface area contributed by atoms with Crippen molar-refractivity contribution in [2.24, 2.45) is 0 Å². The Kier molecular flexibility index (Phi) is 2.84. The van der Waals surface area contributed by atoms with Gasteiger partial charge in [-0.2, -0.15) is 11.3 Å². The van der Waals surface area contributed by atoms with Gasteiger partial charge >= 0.3 is 5.69 Å². The standard InChI is InChI=1S/C12H10N2O4S/c15-8-4-7(3-6-1-2-19-5-6)9-10(16)13-12(17)14-11(9)18-8/h1-2,4-5,8,15H,3H2,(H2,13,14,16,17). The van der Waals surface area contributed by atoms with Gasteiger partial charge in [-0.15, -0.1) is 0 Å². The van der Waals surface area contributed by atoms with Crippen molar-refractivity contribution < 1.29 is 9.84 Å². The Morgan fingerprint density at radius 1 is 1.37 bits per heavy atom. The molecule has 1 aliphatic heterocycles. The molecule has 0 saturated carbocycles. The highest BCUT2D eigenvalue weighted by atomic mass is 32.1. The number of ether oxygens (including phenoxy) is 1. The Hall–Kier alpha value is -2.12. The number of aromatic nitrogens is 2. The molecule has 0 fully saturated rings. The summed E-state index contributed by atoms with van der Waals surface area (Å²) >= 11 is 1.55. The lowest BCUT2D eigenvalue weighted by Gasteiger charge is -2.20. The van der Waals surface area contributed by atoms with Gasteiger partial charge in [-0.25, -0.2) is 4.79 Å². The number of hydrogen-bond acceptors (Lipinski definition) is 5. The Morgan fingerprint density at radius 3 is 2.95 bits per heavy atom. The van der Waals surface area contributed by atoms with Gasteiger partial charge in [0.2, 0.25) is 12.2 Å². The Morgan fingerprint density at radius 2 is 2.21 bits per heavy atom. The first-order valence-corrected chi connectivity index (χ1v) is 6.51. The molecule has 7 heteroatoms. The largest absolute Gasteiger partial charge is 0.445 e. The molecule has 19 heavy (non-hydrogen) atoms. The number of H-pyrrole nitrogens is 2. The summed E-state index contributed by atoms with van der Waals surface area (Å²) in [6.45, 7) is 0. The summed E-state index contributed by atoms with van der Waals surface area (Å²) in [6, 6.07) is 1.94. The smallest absolute Gasteiger partial charge is 0.328 e. The number of hydrogen-bond donors (Lipinski definition) is 3. The molecule has 0 amide bonds. The maximum atomic E-state index is 11.9. The van der Waals surface area contributed by atoms with Gasteiger partial charge in [0.05, 0.1) is 0 Å². The van der Waals surface area contributed by atoms with Crippen LogP contribution in [0.2, 0.25) is 0 Å². The van der Waals surface area contributed by atoms with Crippen LogP contribution in [0.4, 0.5) is 0 Å². The van der Waals surface area contributed by atoms with E-state index in [1.165, 1.54) is 6.08 Å². The first kappa shape index (κ1) is 11.9. The third-order valence-electron chi connectivity index (χ3n) is 2.79. The SMILES string of the molecule is O=c1[nH]c2c(c(=O)[nH]1)C(Cc1ccsc1)=CC(O)O2. The van der Waals surface area contributed by atoms with Crippen molar-refractivity contribution in [3.63, 3.8) is 0 Å². The second kappa shape index (κ2) is 4.52. The number of rotatable bonds is 2. The van der Waals surface area contributed by atoms with E-state index in [1.54, 1.807) is 11.3 Å². The van der Waals surface area contributed by atoms with Crippen LogP contribution in [0.25, 0.3) is 5.57 Å². The Bertz CT molecular complexity index is 742. The number of aliphatic hydroxyl groups is 1. The van der Waals surface area contributed by atoms with Gasteiger partial charge in [-0.3, -0.25) is 14.8 Å². The van der Waals surface area contributed by atoms with Crippen molar-refractivity contribution in [3.8, 4) is 5.88 Å². The van der Waals surface area contributed by atoms with Crippen molar-refractivity contribution >= 4 is 16.9 Å². The predicted molar refractivity (Wildman–Crippen MR) is 70.3 cm³/mol. The van der Waals surface area contributed by atoms with E-state index in [-0.39, 0.29) is 11.4 Å². The Labute approximate surface area is 111 Å². The van der Waals surface area contributed by atoms with E-state index in [4.69, 9.17) is 4.74 Å². The van der Waals surface area contributed by atoms with E-state index in [0.717, 1.165) is 5.56 Å². The fourth-order valence-electron chi connectivity index (χ4n) is 2.02. The molecule has 1 unspecified atom stereocenters. The van der Waals surface area contributed by atoms with E-state index >= 15 is 0 Å². The Balaban J connectivity index is 2.10. The van der Waals surface area contributed by atoms with Crippen LogP contribution in [-0.4, -0.2) is 21.4 Å². The van der Waals surface area contributed by atoms with Gasteiger partial charge in [-0.1, -0.05) is 0 Å². The number of allylic oxidation sites excluding steroid dienone is 1. The van der Waals surface area contributed by atoms with E-state index in [9.17, 15) is 14.7 Å². The maximum Gasteiger partial charge on any atom is 0.328 e. The highest BCUT2D eigenvalue weighted by Crippen LogP contribution is 2.28. The fourth-order valence-corrected chi connectivity index (χ4v) is 2.68. The molecule has 3 rings (SSSR count). The van der Waals surface area contributed by atoms with Crippen LogP contribution in [-0.2, 0) is 6.42 Å². The van der Waals surface area contributed by atoms with E-state index in [0.29, 0.717) is 12.0 Å². The van der Waals surface area contributed by atoms with Crippen molar-refractivity contribution in [1.29, 1.82) is 0 Å². The van der Waals surface area contributed by atoms with E-state index < -0.39 is 17.5 Å². The summed E-state index contributed by atoms with van der Waals surface area (Å²) in [5.41, 5.74) is 0.738. The van der Waals surface area contributed by atoms with Gasteiger partial charge in [0.1, 0.15) is 5.56 Å². The molecule has 3 N–H and O–H groups in total. The minimum absolute atomic E-state index is 0.00831. The first-order chi connectivity index (χ1) is 9.13. The molecular weight excluding hydrogens is 268 g/mol. The zero-order valence-corrected chi connectivity index (χ0v) is 10.5. The second-order valence-corrected chi connectivity index (χ2v) is 4.90. The van der Waals surface area contributed by atoms with Gasteiger partial charge in [0.15, 0.2) is 0 Å². The molecule has 0 radical (unpaired) electrons. The minimum Gasteiger partial charge on any atom is -0.445 e. The summed E-state index contributed by atoms with van der Waals surface area (Å²) in [5, 5.41) is 13.5. The summed E-state index contributed by atoms with van der Waals surface area (Å²) in [6.07, 6.45) is 0.790. The van der Waals surface area contributed by atoms with Gasteiger partial charge in [0.25, 0.3) is 5.56 Å². The molecule has 0 aliphatic carbocycles. The summed E-state index contributed by atoms with van der Waals surface area (Å²) < 4.78 is 5.05. The zero-order chi connectivity index (χ0) is 13.4. The number of aromatic amines is 2. The lowest BCUT2D eigenvalue weighted by atomic mass is 10.00. The third kappa shape index (κ3) is 2.25. The monoisotopic (exact) mass is 278 g/mol. The molecule has 1 atom stereocenters. The fraction of sp³-hybridized carbons (Fsp3) is 0.167. The summed E-state index contributed by atoms with van der Waals surface area (Å²) in [4.78, 5) is 27.6. The molecule has 0 bridgehead atoms. The van der Waals surface area contributed by atoms with Crippen molar-refractivity contribution in [2.45, 2.75) is 12.7 Å². The third-order valence-corrected chi connectivity index (χ3v) is 3.52. The molecule has 0 spiro atoms. The number of thiophene rings is 1. The number of fused-ring (bicyclic) bond motifs is 1. The first-order valence-electron chi connectivity index (χ1n) is 5.57. The van der Waals surface area contributed by atoms with Gasteiger partial charge in [0, 0.05) is 0 Å². The normalized spacial score (nSPS) is 17.5. The summed E-state index contributed by atoms with van der Waals surface area (Å²) in [5.74, 6) is 0.00831. The molecule has 2 aromatic rings. The van der Waals surface area contributed by atoms with Crippen LogP contribution in [0.3, 0.4) is 0 Å². The van der Waals surface area contributed by atoms with E-state index in [1.807, 2.05) is 16.8 Å². The second-order valence-electron chi connectivity index (χ2n) is 4.12.